The van der Waals surface area contributed by atoms with E-state index in [2.05, 4.69) is 32.8 Å². The number of carbonyl (C=O) groups excluding carboxylic acids is 1. The number of hydrogen-bond acceptors (Lipinski definition) is 3. The number of hydrogen-bond donors (Lipinski definition) is 1. The number of rotatable bonds is 5. The third kappa shape index (κ3) is 2.98. The van der Waals surface area contributed by atoms with Crippen LogP contribution in [-0.4, -0.2) is 15.5 Å². The van der Waals surface area contributed by atoms with Crippen LogP contribution in [-0.2, 0) is 13.1 Å². The van der Waals surface area contributed by atoms with E-state index in [1.165, 1.54) is 0 Å². The van der Waals surface area contributed by atoms with Gasteiger partial charge in [0.15, 0.2) is 0 Å². The molecule has 0 saturated heterocycles. The van der Waals surface area contributed by atoms with E-state index >= 15 is 0 Å². The van der Waals surface area contributed by atoms with Crippen LogP contribution in [0, 0.1) is 0 Å². The molecule has 1 amide bonds. The lowest BCUT2D eigenvalue weighted by Crippen LogP contribution is -2.25. The quantitative estimate of drug-likeness (QED) is 0.685. The van der Waals surface area contributed by atoms with E-state index in [4.69, 9.17) is 0 Å². The van der Waals surface area contributed by atoms with Gasteiger partial charge < -0.3 is 9.88 Å². The monoisotopic (exact) mass is 375 g/mol. The molecule has 3 rings (SSSR count). The third-order valence-electron chi connectivity index (χ3n) is 3.31. The van der Waals surface area contributed by atoms with E-state index < -0.39 is 0 Å². The summed E-state index contributed by atoms with van der Waals surface area (Å²) in [7, 11) is 0. The van der Waals surface area contributed by atoms with Gasteiger partial charge in [0.2, 0.25) is 0 Å². The number of thiophene rings is 1. The number of allylic oxidation sites excluding steroid dienone is 1. The van der Waals surface area contributed by atoms with E-state index in [1.54, 1.807) is 29.8 Å². The Morgan fingerprint density at radius 3 is 2.91 bits per heavy atom. The molecule has 3 heterocycles. The normalized spacial score (nSPS) is 10.8. The van der Waals surface area contributed by atoms with Crippen LogP contribution in [0.15, 0.2) is 53.1 Å². The first-order chi connectivity index (χ1) is 10.7. The number of fused-ring (bicyclic) bond motifs is 1. The molecule has 22 heavy (non-hydrogen) atoms. The molecule has 6 heteroatoms. The van der Waals surface area contributed by atoms with Crippen LogP contribution in [0.5, 0.6) is 0 Å². The lowest BCUT2D eigenvalue weighted by Gasteiger charge is -2.09. The van der Waals surface area contributed by atoms with E-state index in [-0.39, 0.29) is 5.91 Å². The minimum absolute atomic E-state index is 0.0850. The second-order valence-electron chi connectivity index (χ2n) is 4.77. The molecule has 1 N–H and O–H groups in total. The number of amides is 1. The molecule has 0 fully saturated rings. The van der Waals surface area contributed by atoms with Crippen LogP contribution in [0.1, 0.15) is 16.1 Å². The molecule has 0 aliphatic heterocycles. The lowest BCUT2D eigenvalue weighted by atomic mass is 10.2. The second-order valence-corrected chi connectivity index (χ2v) is 7.23. The summed E-state index contributed by atoms with van der Waals surface area (Å²) in [6.45, 7) is 4.86. The highest BCUT2D eigenvalue weighted by Crippen LogP contribution is 2.32. The Hall–Kier alpha value is -1.92. The summed E-state index contributed by atoms with van der Waals surface area (Å²) in [5.41, 5.74) is 2.73. The smallest absolute Gasteiger partial charge is 0.268 e. The number of pyridine rings is 1. The molecule has 4 nitrogen and oxygen atoms in total. The van der Waals surface area contributed by atoms with Crippen molar-refractivity contribution in [1.29, 1.82) is 0 Å². The molecule has 0 radical (unpaired) electrons. The van der Waals surface area contributed by atoms with Crippen LogP contribution < -0.4 is 5.32 Å². The third-order valence-corrected chi connectivity index (χ3v) is 4.88. The number of carbonyl (C=O) groups is 1. The van der Waals surface area contributed by atoms with Gasteiger partial charge in [-0.3, -0.25) is 9.78 Å². The molecule has 0 bridgehead atoms. The zero-order valence-electron chi connectivity index (χ0n) is 11.8. The van der Waals surface area contributed by atoms with Crippen molar-refractivity contribution in [3.05, 3.63) is 64.4 Å². The minimum Gasteiger partial charge on any atom is -0.347 e. The van der Waals surface area contributed by atoms with Gasteiger partial charge in [0.25, 0.3) is 5.91 Å². The molecule has 0 unspecified atom stereocenters. The highest BCUT2D eigenvalue weighted by molar-refractivity contribution is 9.11. The van der Waals surface area contributed by atoms with Gasteiger partial charge in [-0.2, -0.15) is 0 Å². The van der Waals surface area contributed by atoms with Gasteiger partial charge in [0.1, 0.15) is 5.69 Å². The zero-order valence-corrected chi connectivity index (χ0v) is 14.2. The second kappa shape index (κ2) is 6.46. The van der Waals surface area contributed by atoms with E-state index in [0.717, 1.165) is 19.6 Å². The maximum absolute atomic E-state index is 12.5. The Morgan fingerprint density at radius 2 is 2.18 bits per heavy atom. The van der Waals surface area contributed by atoms with Gasteiger partial charge in [0, 0.05) is 25.5 Å². The first-order valence-electron chi connectivity index (χ1n) is 6.75. The molecule has 0 aromatic carbocycles. The maximum Gasteiger partial charge on any atom is 0.268 e. The molecule has 0 aliphatic rings. The minimum atomic E-state index is -0.0850. The fourth-order valence-electron chi connectivity index (χ4n) is 2.30. The van der Waals surface area contributed by atoms with E-state index in [0.29, 0.717) is 18.8 Å². The SMILES string of the molecule is C=CCn1c(C(=O)NCc2ccncc2)cc2sc(Br)cc21. The predicted molar refractivity (Wildman–Crippen MR) is 93.1 cm³/mol. The average Bonchev–Trinajstić information content (AvgIpc) is 3.04. The lowest BCUT2D eigenvalue weighted by molar-refractivity contribution is 0.0942. The summed E-state index contributed by atoms with van der Waals surface area (Å²) in [4.78, 5) is 16.4. The Balaban J connectivity index is 1.85. The fourth-order valence-corrected chi connectivity index (χ4v) is 3.86. The van der Waals surface area contributed by atoms with Crippen molar-refractivity contribution >= 4 is 43.4 Å². The summed E-state index contributed by atoms with van der Waals surface area (Å²) in [6.07, 6.45) is 5.23. The summed E-state index contributed by atoms with van der Waals surface area (Å²) in [5, 5.41) is 2.95. The van der Waals surface area contributed by atoms with Gasteiger partial charge in [-0.25, -0.2) is 0 Å². The highest BCUT2D eigenvalue weighted by atomic mass is 79.9. The standard InChI is InChI=1S/C16H14BrN3OS/c1-2-7-20-12-9-15(17)22-14(12)8-13(20)16(21)19-10-11-3-5-18-6-4-11/h2-6,8-9H,1,7,10H2,(H,19,21). The predicted octanol–water partition coefficient (Wildman–Crippen LogP) is 3.98. The van der Waals surface area contributed by atoms with Crippen LogP contribution in [0.3, 0.4) is 0 Å². The number of nitrogens with one attached hydrogen (secondary N) is 1. The maximum atomic E-state index is 12.5. The van der Waals surface area contributed by atoms with Gasteiger partial charge >= 0.3 is 0 Å². The summed E-state index contributed by atoms with van der Waals surface area (Å²) < 4.78 is 4.12. The Labute approximate surface area is 140 Å². The molecule has 0 atom stereocenters. The zero-order chi connectivity index (χ0) is 15.5. The van der Waals surface area contributed by atoms with Gasteiger partial charge in [-0.15, -0.1) is 17.9 Å². The Morgan fingerprint density at radius 1 is 1.41 bits per heavy atom. The van der Waals surface area contributed by atoms with Gasteiger partial charge in [-0.05, 0) is 45.8 Å². The van der Waals surface area contributed by atoms with Crippen molar-refractivity contribution in [2.45, 2.75) is 13.1 Å². The first-order valence-corrected chi connectivity index (χ1v) is 8.36. The van der Waals surface area contributed by atoms with Crippen LogP contribution >= 0.6 is 27.3 Å². The fraction of sp³-hybridized carbons (Fsp3) is 0.125. The van der Waals surface area contributed by atoms with E-state index in [1.807, 2.05) is 28.8 Å². The van der Waals surface area contributed by atoms with Crippen molar-refractivity contribution in [2.75, 3.05) is 0 Å². The number of aromatic nitrogens is 2. The van der Waals surface area contributed by atoms with Crippen molar-refractivity contribution < 1.29 is 4.79 Å². The summed E-state index contributed by atoms with van der Waals surface area (Å²) >= 11 is 5.10. The largest absolute Gasteiger partial charge is 0.347 e. The topological polar surface area (TPSA) is 46.9 Å². The van der Waals surface area contributed by atoms with Crippen LogP contribution in [0.4, 0.5) is 0 Å². The van der Waals surface area contributed by atoms with Crippen LogP contribution in [0.2, 0.25) is 0 Å². The molecule has 112 valence electrons. The molecular formula is C16H14BrN3OS. The molecule has 0 aliphatic carbocycles. The van der Waals surface area contributed by atoms with E-state index in [9.17, 15) is 4.79 Å². The molecule has 3 aromatic heterocycles. The van der Waals surface area contributed by atoms with Crippen molar-refractivity contribution in [1.82, 2.24) is 14.9 Å². The summed E-state index contributed by atoms with van der Waals surface area (Å²) in [5.74, 6) is -0.0850. The van der Waals surface area contributed by atoms with Crippen molar-refractivity contribution in [3.63, 3.8) is 0 Å². The molecule has 0 spiro atoms. The summed E-state index contributed by atoms with van der Waals surface area (Å²) in [6, 6.07) is 7.73. The number of nitrogens with zero attached hydrogens (tertiary/aromatic N) is 2. The highest BCUT2D eigenvalue weighted by Gasteiger charge is 2.16. The molecular weight excluding hydrogens is 362 g/mol. The van der Waals surface area contributed by atoms with Crippen molar-refractivity contribution in [2.24, 2.45) is 0 Å². The van der Waals surface area contributed by atoms with Gasteiger partial charge in [0.05, 0.1) is 14.0 Å². The van der Waals surface area contributed by atoms with Crippen LogP contribution in [0.25, 0.3) is 10.2 Å². The Kier molecular flexibility index (Phi) is 4.40. The van der Waals surface area contributed by atoms with Gasteiger partial charge in [-0.1, -0.05) is 6.08 Å². The molecule has 0 saturated carbocycles. The Bertz CT molecular complexity index is 823. The number of halogens is 1. The first kappa shape index (κ1) is 15.0. The average molecular weight is 376 g/mol. The molecule has 3 aromatic rings. The van der Waals surface area contributed by atoms with Crippen molar-refractivity contribution in [3.8, 4) is 0 Å².